The Kier molecular flexibility index (Phi) is 4.28. The second kappa shape index (κ2) is 6.22. The van der Waals surface area contributed by atoms with Crippen molar-refractivity contribution in [1.82, 2.24) is 19.2 Å². The van der Waals surface area contributed by atoms with Gasteiger partial charge in [-0.05, 0) is 45.7 Å². The van der Waals surface area contributed by atoms with E-state index in [1.54, 1.807) is 0 Å². The molecular weight excluding hydrogens is 288 g/mol. The highest BCUT2D eigenvalue weighted by atomic mass is 16.2. The van der Waals surface area contributed by atoms with E-state index in [-0.39, 0.29) is 18.0 Å². The van der Waals surface area contributed by atoms with Gasteiger partial charge < -0.3 is 9.47 Å². The Morgan fingerprint density at radius 2 is 2.04 bits per heavy atom. The SMILES string of the molecule is Cc1nn(C)c(C)c1[C@H]1CCCN1C(=O)C[C@@H](C)n1cccc1. The molecule has 1 aliphatic heterocycles. The second-order valence-electron chi connectivity index (χ2n) is 6.64. The third-order valence-electron chi connectivity index (χ3n) is 5.08. The molecule has 1 amide bonds. The number of carbonyl (C=O) groups excluding carboxylic acids is 1. The molecular formula is C18H26N4O. The van der Waals surface area contributed by atoms with Crippen LogP contribution in [0.25, 0.3) is 0 Å². The number of hydrogen-bond acceptors (Lipinski definition) is 2. The summed E-state index contributed by atoms with van der Waals surface area (Å²) in [5.74, 6) is 0.247. The average molecular weight is 314 g/mol. The van der Waals surface area contributed by atoms with Gasteiger partial charge in [-0.25, -0.2) is 0 Å². The van der Waals surface area contributed by atoms with E-state index in [1.165, 1.54) is 11.3 Å². The van der Waals surface area contributed by atoms with Crippen LogP contribution < -0.4 is 0 Å². The Hall–Kier alpha value is -2.04. The van der Waals surface area contributed by atoms with Crippen molar-refractivity contribution in [2.45, 2.75) is 52.1 Å². The van der Waals surface area contributed by atoms with Crippen LogP contribution in [0.1, 0.15) is 55.2 Å². The van der Waals surface area contributed by atoms with Gasteiger partial charge in [-0.1, -0.05) is 0 Å². The van der Waals surface area contributed by atoms with Crippen LogP contribution in [0.5, 0.6) is 0 Å². The molecule has 5 nitrogen and oxygen atoms in total. The number of rotatable bonds is 4. The van der Waals surface area contributed by atoms with Crippen molar-refractivity contribution in [1.29, 1.82) is 0 Å². The molecule has 0 radical (unpaired) electrons. The Balaban J connectivity index is 1.77. The normalized spacial score (nSPS) is 19.3. The lowest BCUT2D eigenvalue weighted by Gasteiger charge is -2.27. The van der Waals surface area contributed by atoms with Gasteiger partial charge in [0.25, 0.3) is 0 Å². The van der Waals surface area contributed by atoms with Crippen LogP contribution in [0, 0.1) is 13.8 Å². The van der Waals surface area contributed by atoms with Gasteiger partial charge in [-0.2, -0.15) is 5.10 Å². The van der Waals surface area contributed by atoms with E-state index < -0.39 is 0 Å². The number of likely N-dealkylation sites (tertiary alicyclic amines) is 1. The molecule has 0 aromatic carbocycles. The fourth-order valence-electron chi connectivity index (χ4n) is 3.75. The molecule has 0 aliphatic carbocycles. The van der Waals surface area contributed by atoms with Crippen LogP contribution in [0.3, 0.4) is 0 Å². The molecule has 5 heteroatoms. The molecule has 0 N–H and O–H groups in total. The second-order valence-corrected chi connectivity index (χ2v) is 6.64. The maximum atomic E-state index is 12.8. The maximum absolute atomic E-state index is 12.8. The van der Waals surface area contributed by atoms with E-state index in [1.807, 2.05) is 43.2 Å². The Labute approximate surface area is 137 Å². The number of amides is 1. The molecule has 0 saturated carbocycles. The highest BCUT2D eigenvalue weighted by molar-refractivity contribution is 5.77. The topological polar surface area (TPSA) is 43.1 Å². The summed E-state index contributed by atoms with van der Waals surface area (Å²) in [6.07, 6.45) is 6.70. The third-order valence-corrected chi connectivity index (χ3v) is 5.08. The Morgan fingerprint density at radius 3 is 2.65 bits per heavy atom. The van der Waals surface area contributed by atoms with Crippen molar-refractivity contribution < 1.29 is 4.79 Å². The van der Waals surface area contributed by atoms with Crippen molar-refractivity contribution in [2.75, 3.05) is 6.54 Å². The van der Waals surface area contributed by atoms with E-state index in [0.717, 1.165) is 25.1 Å². The van der Waals surface area contributed by atoms with Crippen molar-refractivity contribution in [3.8, 4) is 0 Å². The standard InChI is InChI=1S/C18H26N4O/c1-13(21-9-5-6-10-21)12-17(23)22-11-7-8-16(22)18-14(2)19-20(4)15(18)3/h5-6,9-10,13,16H,7-8,11-12H2,1-4H3/t13-,16-/m1/s1. The molecule has 1 fully saturated rings. The smallest absolute Gasteiger partial charge is 0.225 e. The van der Waals surface area contributed by atoms with E-state index in [0.29, 0.717) is 6.42 Å². The van der Waals surface area contributed by atoms with Gasteiger partial charge >= 0.3 is 0 Å². The average Bonchev–Trinajstić information content (AvgIpc) is 3.21. The lowest BCUT2D eigenvalue weighted by Crippen LogP contribution is -2.32. The van der Waals surface area contributed by atoms with Crippen LogP contribution in [-0.4, -0.2) is 31.7 Å². The van der Waals surface area contributed by atoms with Gasteiger partial charge in [0.2, 0.25) is 5.91 Å². The predicted molar refractivity (Wildman–Crippen MR) is 90.1 cm³/mol. The first-order valence-electron chi connectivity index (χ1n) is 8.41. The van der Waals surface area contributed by atoms with Gasteiger partial charge in [0.05, 0.1) is 11.7 Å². The maximum Gasteiger partial charge on any atom is 0.225 e. The first-order chi connectivity index (χ1) is 11.0. The molecule has 3 heterocycles. The summed E-state index contributed by atoms with van der Waals surface area (Å²) in [5.41, 5.74) is 3.46. The van der Waals surface area contributed by atoms with E-state index in [2.05, 4.69) is 28.4 Å². The summed E-state index contributed by atoms with van der Waals surface area (Å²) in [6, 6.07) is 4.38. The van der Waals surface area contributed by atoms with Gasteiger partial charge in [-0.3, -0.25) is 9.48 Å². The van der Waals surface area contributed by atoms with Crippen molar-refractivity contribution in [3.63, 3.8) is 0 Å². The minimum Gasteiger partial charge on any atom is -0.351 e. The minimum absolute atomic E-state index is 0.188. The molecule has 0 spiro atoms. The first-order valence-corrected chi connectivity index (χ1v) is 8.41. The highest BCUT2D eigenvalue weighted by Crippen LogP contribution is 2.36. The molecule has 1 aliphatic rings. The van der Waals surface area contributed by atoms with Crippen LogP contribution in [0.15, 0.2) is 24.5 Å². The predicted octanol–water partition coefficient (Wildman–Crippen LogP) is 3.15. The minimum atomic E-state index is 0.188. The molecule has 2 aromatic heterocycles. The Morgan fingerprint density at radius 1 is 1.35 bits per heavy atom. The monoisotopic (exact) mass is 314 g/mol. The number of aromatic nitrogens is 3. The lowest BCUT2D eigenvalue weighted by atomic mass is 10.0. The molecule has 0 unspecified atom stereocenters. The first kappa shape index (κ1) is 15.8. The zero-order chi connectivity index (χ0) is 16.6. The molecule has 2 aromatic rings. The summed E-state index contributed by atoms with van der Waals surface area (Å²) in [6.45, 7) is 7.10. The van der Waals surface area contributed by atoms with Gasteiger partial charge in [0, 0.05) is 49.7 Å². The molecule has 124 valence electrons. The summed E-state index contributed by atoms with van der Waals surface area (Å²) in [7, 11) is 1.97. The summed E-state index contributed by atoms with van der Waals surface area (Å²) in [5, 5.41) is 4.53. The number of nitrogens with zero attached hydrogens (tertiary/aromatic N) is 4. The zero-order valence-electron chi connectivity index (χ0n) is 14.5. The summed E-state index contributed by atoms with van der Waals surface area (Å²) < 4.78 is 4.03. The number of hydrogen-bond donors (Lipinski definition) is 0. The fourth-order valence-corrected chi connectivity index (χ4v) is 3.75. The quantitative estimate of drug-likeness (QED) is 0.870. The van der Waals surface area contributed by atoms with Crippen molar-refractivity contribution in [3.05, 3.63) is 41.5 Å². The van der Waals surface area contributed by atoms with E-state index in [9.17, 15) is 4.79 Å². The van der Waals surface area contributed by atoms with Gasteiger partial charge in [0.1, 0.15) is 0 Å². The van der Waals surface area contributed by atoms with E-state index >= 15 is 0 Å². The highest BCUT2D eigenvalue weighted by Gasteiger charge is 2.33. The molecule has 2 atom stereocenters. The van der Waals surface area contributed by atoms with Crippen LogP contribution in [0.2, 0.25) is 0 Å². The van der Waals surface area contributed by atoms with Crippen LogP contribution in [-0.2, 0) is 11.8 Å². The third kappa shape index (κ3) is 2.92. The molecule has 3 rings (SSSR count). The van der Waals surface area contributed by atoms with Gasteiger partial charge in [-0.15, -0.1) is 0 Å². The largest absolute Gasteiger partial charge is 0.351 e. The summed E-state index contributed by atoms with van der Waals surface area (Å²) >= 11 is 0. The Bertz CT molecular complexity index is 686. The van der Waals surface area contributed by atoms with Crippen molar-refractivity contribution in [2.24, 2.45) is 7.05 Å². The van der Waals surface area contributed by atoms with Crippen molar-refractivity contribution >= 4 is 5.91 Å². The van der Waals surface area contributed by atoms with E-state index in [4.69, 9.17) is 0 Å². The number of aryl methyl sites for hydroxylation is 2. The molecule has 1 saturated heterocycles. The number of carbonyl (C=O) groups is 1. The summed E-state index contributed by atoms with van der Waals surface area (Å²) in [4.78, 5) is 14.9. The zero-order valence-corrected chi connectivity index (χ0v) is 14.5. The molecule has 0 bridgehead atoms. The van der Waals surface area contributed by atoms with Crippen LogP contribution in [0.4, 0.5) is 0 Å². The van der Waals surface area contributed by atoms with Gasteiger partial charge in [0.15, 0.2) is 0 Å². The van der Waals surface area contributed by atoms with Crippen LogP contribution >= 0.6 is 0 Å². The molecule has 23 heavy (non-hydrogen) atoms. The lowest BCUT2D eigenvalue weighted by molar-refractivity contribution is -0.132. The fraction of sp³-hybridized carbons (Fsp3) is 0.556.